The monoisotopic (exact) mass is 498 g/mol. The second-order valence-electron chi connectivity index (χ2n) is 9.54. The Bertz CT molecular complexity index is 1250. The fourth-order valence-electron chi connectivity index (χ4n) is 4.56. The van der Waals surface area contributed by atoms with Gasteiger partial charge in [-0.2, -0.15) is 0 Å². The van der Waals surface area contributed by atoms with Crippen molar-refractivity contribution in [1.29, 1.82) is 0 Å². The summed E-state index contributed by atoms with van der Waals surface area (Å²) < 4.78 is 5.85. The van der Waals surface area contributed by atoms with E-state index < -0.39 is 17.7 Å². The summed E-state index contributed by atoms with van der Waals surface area (Å²) in [6.07, 6.45) is 1.61. The molecule has 1 heterocycles. The molecule has 37 heavy (non-hydrogen) atoms. The largest absolute Gasteiger partial charge is 0.507 e. The fourth-order valence-corrected chi connectivity index (χ4v) is 4.56. The number of ether oxygens (including phenoxy) is 1. The predicted molar refractivity (Wildman–Crippen MR) is 145 cm³/mol. The minimum atomic E-state index is -0.656. The number of aryl methyl sites for hydroxylation is 1. The minimum Gasteiger partial charge on any atom is -0.507 e. The van der Waals surface area contributed by atoms with E-state index in [1.807, 2.05) is 73.6 Å². The van der Waals surface area contributed by atoms with Gasteiger partial charge in [0.05, 0.1) is 11.6 Å². The number of hydrogen-bond donors (Lipinski definition) is 1. The highest BCUT2D eigenvalue weighted by Crippen LogP contribution is 2.39. The van der Waals surface area contributed by atoms with Crippen molar-refractivity contribution in [3.63, 3.8) is 0 Å². The van der Waals surface area contributed by atoms with Gasteiger partial charge in [0.2, 0.25) is 0 Å². The van der Waals surface area contributed by atoms with E-state index in [2.05, 4.69) is 6.92 Å². The third kappa shape index (κ3) is 6.09. The summed E-state index contributed by atoms with van der Waals surface area (Å²) >= 11 is 0. The first-order valence-electron chi connectivity index (χ1n) is 12.7. The first-order valence-corrected chi connectivity index (χ1v) is 12.7. The second-order valence-corrected chi connectivity index (χ2v) is 9.54. The standard InChI is InChI=1S/C31H34N2O4/c1-4-22-11-13-24(14-12-22)28-27(30(35)31(36)33(28)20-8-19-32(2)3)29(34)25-15-17-26(18-16-25)37-21-23-9-6-5-7-10-23/h5-7,9-18,28,34H,4,8,19-21H2,1-3H3/b29-27+. The van der Waals surface area contributed by atoms with E-state index in [-0.39, 0.29) is 11.3 Å². The Morgan fingerprint density at radius 2 is 1.59 bits per heavy atom. The molecule has 3 aromatic rings. The lowest BCUT2D eigenvalue weighted by Crippen LogP contribution is -2.32. The molecule has 0 bridgehead atoms. The van der Waals surface area contributed by atoms with Gasteiger partial charge in [0.15, 0.2) is 0 Å². The molecule has 1 unspecified atom stereocenters. The van der Waals surface area contributed by atoms with Crippen LogP contribution in [0.5, 0.6) is 5.75 Å². The SMILES string of the molecule is CCc1ccc(C2/C(=C(\O)c3ccc(OCc4ccccc4)cc3)C(=O)C(=O)N2CCCN(C)C)cc1. The number of Topliss-reactive ketones (excluding diaryl/α,β-unsaturated/α-hetero) is 1. The van der Waals surface area contributed by atoms with Crippen molar-refractivity contribution in [3.8, 4) is 5.75 Å². The number of rotatable bonds is 10. The maximum absolute atomic E-state index is 13.2. The van der Waals surface area contributed by atoms with Gasteiger partial charge >= 0.3 is 0 Å². The van der Waals surface area contributed by atoms with Crippen molar-refractivity contribution < 1.29 is 19.4 Å². The number of ketones is 1. The molecular weight excluding hydrogens is 464 g/mol. The van der Waals surface area contributed by atoms with Crippen molar-refractivity contribution in [3.05, 3.63) is 107 Å². The van der Waals surface area contributed by atoms with Crippen LogP contribution in [0.3, 0.4) is 0 Å². The summed E-state index contributed by atoms with van der Waals surface area (Å²) in [4.78, 5) is 30.0. The molecule has 0 aromatic heterocycles. The zero-order chi connectivity index (χ0) is 26.4. The maximum atomic E-state index is 13.2. The topological polar surface area (TPSA) is 70.1 Å². The molecule has 6 nitrogen and oxygen atoms in total. The number of amides is 1. The Morgan fingerprint density at radius 3 is 2.22 bits per heavy atom. The Balaban J connectivity index is 1.64. The number of hydrogen-bond acceptors (Lipinski definition) is 5. The first-order chi connectivity index (χ1) is 17.9. The molecule has 1 aliphatic rings. The van der Waals surface area contributed by atoms with Crippen LogP contribution < -0.4 is 4.74 Å². The van der Waals surface area contributed by atoms with Crippen LogP contribution in [-0.2, 0) is 22.6 Å². The minimum absolute atomic E-state index is 0.122. The smallest absolute Gasteiger partial charge is 0.295 e. The van der Waals surface area contributed by atoms with Crippen LogP contribution in [-0.4, -0.2) is 53.8 Å². The Hall–Kier alpha value is -3.90. The molecular formula is C31H34N2O4. The van der Waals surface area contributed by atoms with E-state index in [1.165, 1.54) is 5.56 Å². The number of carbonyl (C=O) groups is 2. The van der Waals surface area contributed by atoms with Crippen molar-refractivity contribution in [1.82, 2.24) is 9.80 Å². The van der Waals surface area contributed by atoms with Gasteiger partial charge in [0.1, 0.15) is 18.1 Å². The third-order valence-electron chi connectivity index (χ3n) is 6.62. The highest BCUT2D eigenvalue weighted by atomic mass is 16.5. The molecule has 0 spiro atoms. The number of aliphatic hydroxyl groups is 1. The van der Waals surface area contributed by atoms with Gasteiger partial charge in [-0.05, 0) is 74.4 Å². The molecule has 0 saturated carbocycles. The zero-order valence-electron chi connectivity index (χ0n) is 21.7. The van der Waals surface area contributed by atoms with Crippen LogP contribution in [0.25, 0.3) is 5.76 Å². The van der Waals surface area contributed by atoms with Crippen LogP contribution in [0.4, 0.5) is 0 Å². The van der Waals surface area contributed by atoms with E-state index >= 15 is 0 Å². The molecule has 1 atom stereocenters. The average Bonchev–Trinajstić information content (AvgIpc) is 3.17. The van der Waals surface area contributed by atoms with Gasteiger partial charge in [0.25, 0.3) is 11.7 Å². The average molecular weight is 499 g/mol. The summed E-state index contributed by atoms with van der Waals surface area (Å²) in [6, 6.07) is 24.1. The lowest BCUT2D eigenvalue weighted by atomic mass is 9.94. The summed E-state index contributed by atoms with van der Waals surface area (Å²) in [6.45, 7) is 3.72. The van der Waals surface area contributed by atoms with Crippen LogP contribution in [0.1, 0.15) is 41.6 Å². The van der Waals surface area contributed by atoms with Gasteiger partial charge in [0, 0.05) is 12.1 Å². The molecule has 0 radical (unpaired) electrons. The highest BCUT2D eigenvalue weighted by molar-refractivity contribution is 6.46. The lowest BCUT2D eigenvalue weighted by molar-refractivity contribution is -0.139. The molecule has 1 fully saturated rings. The molecule has 192 valence electrons. The first kappa shape index (κ1) is 26.2. The third-order valence-corrected chi connectivity index (χ3v) is 6.62. The van der Waals surface area contributed by atoms with E-state index in [0.717, 1.165) is 30.5 Å². The van der Waals surface area contributed by atoms with Gasteiger partial charge in [-0.1, -0.05) is 61.5 Å². The molecule has 0 aliphatic carbocycles. The summed E-state index contributed by atoms with van der Waals surface area (Å²) in [5, 5.41) is 11.3. The van der Waals surface area contributed by atoms with Crippen LogP contribution in [0, 0.1) is 0 Å². The van der Waals surface area contributed by atoms with Gasteiger partial charge < -0.3 is 19.6 Å². The summed E-state index contributed by atoms with van der Waals surface area (Å²) in [5.74, 6) is -0.757. The van der Waals surface area contributed by atoms with Crippen LogP contribution in [0.2, 0.25) is 0 Å². The number of nitrogens with zero attached hydrogens (tertiary/aromatic N) is 2. The quantitative estimate of drug-likeness (QED) is 0.236. The van der Waals surface area contributed by atoms with E-state index in [1.54, 1.807) is 29.2 Å². The van der Waals surface area contributed by atoms with Gasteiger partial charge in [-0.25, -0.2) is 0 Å². The molecule has 1 aliphatic heterocycles. The highest BCUT2D eigenvalue weighted by Gasteiger charge is 2.45. The number of carbonyl (C=O) groups excluding carboxylic acids is 2. The van der Waals surface area contributed by atoms with Crippen molar-refractivity contribution in [2.75, 3.05) is 27.2 Å². The predicted octanol–water partition coefficient (Wildman–Crippen LogP) is 5.20. The van der Waals surface area contributed by atoms with Gasteiger partial charge in [-0.15, -0.1) is 0 Å². The van der Waals surface area contributed by atoms with Crippen molar-refractivity contribution in [2.45, 2.75) is 32.4 Å². The summed E-state index contributed by atoms with van der Waals surface area (Å²) in [7, 11) is 3.95. The molecule has 6 heteroatoms. The van der Waals surface area contributed by atoms with E-state index in [0.29, 0.717) is 24.5 Å². The fraction of sp³-hybridized carbons (Fsp3) is 0.290. The van der Waals surface area contributed by atoms with E-state index in [9.17, 15) is 14.7 Å². The Kier molecular flexibility index (Phi) is 8.41. The molecule has 3 aromatic carbocycles. The van der Waals surface area contributed by atoms with E-state index in [4.69, 9.17) is 4.74 Å². The van der Waals surface area contributed by atoms with Crippen LogP contribution >= 0.6 is 0 Å². The second kappa shape index (κ2) is 11.9. The van der Waals surface area contributed by atoms with Crippen molar-refractivity contribution in [2.24, 2.45) is 0 Å². The molecule has 1 amide bonds. The number of benzene rings is 3. The maximum Gasteiger partial charge on any atom is 0.295 e. The Labute approximate surface area is 218 Å². The zero-order valence-corrected chi connectivity index (χ0v) is 21.7. The molecule has 4 rings (SSSR count). The summed E-state index contributed by atoms with van der Waals surface area (Å²) in [5.41, 5.74) is 3.62. The molecule has 1 N–H and O–H groups in total. The number of aliphatic hydroxyl groups excluding tert-OH is 1. The number of likely N-dealkylation sites (tertiary alicyclic amines) is 1. The normalized spacial score (nSPS) is 17.0. The van der Waals surface area contributed by atoms with Crippen LogP contribution in [0.15, 0.2) is 84.4 Å². The molecule has 1 saturated heterocycles. The van der Waals surface area contributed by atoms with Gasteiger partial charge in [-0.3, -0.25) is 9.59 Å². The Morgan fingerprint density at radius 1 is 0.919 bits per heavy atom. The lowest BCUT2D eigenvalue weighted by Gasteiger charge is -2.26. The van der Waals surface area contributed by atoms with Crippen molar-refractivity contribution >= 4 is 17.4 Å².